The van der Waals surface area contributed by atoms with Crippen molar-refractivity contribution < 1.29 is 9.59 Å². The number of hydrogen-bond acceptors (Lipinski definition) is 2. The molecule has 0 aromatic heterocycles. The Balaban J connectivity index is 1.73. The highest BCUT2D eigenvalue weighted by atomic mass is 35.5. The predicted octanol–water partition coefficient (Wildman–Crippen LogP) is 3.85. The minimum atomic E-state index is -0.563. The molecule has 0 aliphatic carbocycles. The van der Waals surface area contributed by atoms with Gasteiger partial charge < -0.3 is 10.2 Å². The lowest BCUT2D eigenvalue weighted by molar-refractivity contribution is -0.125. The fourth-order valence-corrected chi connectivity index (χ4v) is 3.58. The molecule has 136 valence electrons. The molecule has 0 saturated carbocycles. The van der Waals surface area contributed by atoms with Crippen LogP contribution in [0, 0.1) is 5.92 Å². The van der Waals surface area contributed by atoms with Crippen LogP contribution in [0.1, 0.15) is 41.4 Å². The molecule has 0 bridgehead atoms. The van der Waals surface area contributed by atoms with Crippen LogP contribution in [0.15, 0.2) is 48.5 Å². The van der Waals surface area contributed by atoms with Gasteiger partial charge in [0.1, 0.15) is 6.04 Å². The van der Waals surface area contributed by atoms with Crippen LogP contribution in [0.3, 0.4) is 0 Å². The van der Waals surface area contributed by atoms with E-state index in [1.807, 2.05) is 56.3 Å². The normalized spacial score (nSPS) is 16.1. The number of carbonyl (C=O) groups is 2. The molecule has 5 heteroatoms. The van der Waals surface area contributed by atoms with Gasteiger partial charge in [0.25, 0.3) is 5.91 Å². The van der Waals surface area contributed by atoms with Crippen LogP contribution in [0.5, 0.6) is 0 Å². The Bertz CT molecular complexity index is 819. The molecule has 1 aliphatic rings. The average Bonchev–Trinajstić information content (AvgIpc) is 2.89. The number of nitrogens with one attached hydrogen (secondary N) is 1. The van der Waals surface area contributed by atoms with Gasteiger partial charge in [-0.05, 0) is 35.6 Å². The van der Waals surface area contributed by atoms with Crippen molar-refractivity contribution in [3.8, 4) is 0 Å². The van der Waals surface area contributed by atoms with E-state index in [0.29, 0.717) is 30.1 Å². The van der Waals surface area contributed by atoms with Gasteiger partial charge in [-0.15, -0.1) is 0 Å². The molecular formula is C21H23ClN2O2. The van der Waals surface area contributed by atoms with Crippen molar-refractivity contribution in [3.05, 3.63) is 70.2 Å². The van der Waals surface area contributed by atoms with E-state index >= 15 is 0 Å². The number of amides is 2. The smallest absolute Gasteiger partial charge is 0.255 e. The number of hydrogen-bond donors (Lipinski definition) is 1. The summed E-state index contributed by atoms with van der Waals surface area (Å²) in [7, 11) is 0. The van der Waals surface area contributed by atoms with E-state index in [1.54, 1.807) is 11.0 Å². The molecule has 2 aromatic rings. The summed E-state index contributed by atoms with van der Waals surface area (Å²) < 4.78 is 0. The van der Waals surface area contributed by atoms with Gasteiger partial charge in [0.05, 0.1) is 0 Å². The van der Waals surface area contributed by atoms with Gasteiger partial charge in [0, 0.05) is 23.7 Å². The molecule has 2 amide bonds. The minimum Gasteiger partial charge on any atom is -0.354 e. The molecule has 0 spiro atoms. The third-order valence-corrected chi connectivity index (χ3v) is 4.89. The molecule has 1 atom stereocenters. The third-order valence-electron chi connectivity index (χ3n) is 4.52. The van der Waals surface area contributed by atoms with Crippen LogP contribution in [0.4, 0.5) is 0 Å². The second-order valence-electron chi connectivity index (χ2n) is 6.97. The first-order valence-corrected chi connectivity index (χ1v) is 9.28. The molecule has 1 N–H and O–H groups in total. The summed E-state index contributed by atoms with van der Waals surface area (Å²) in [6.45, 7) is 5.12. The summed E-state index contributed by atoms with van der Waals surface area (Å²) in [5.41, 5.74) is 2.41. The lowest BCUT2D eigenvalue weighted by atomic mass is 10.0. The van der Waals surface area contributed by atoms with Gasteiger partial charge in [-0.3, -0.25) is 9.59 Å². The molecule has 4 nitrogen and oxygen atoms in total. The predicted molar refractivity (Wildman–Crippen MR) is 103 cm³/mol. The summed E-state index contributed by atoms with van der Waals surface area (Å²) in [4.78, 5) is 27.3. The average molecular weight is 371 g/mol. The highest BCUT2D eigenvalue weighted by Crippen LogP contribution is 2.34. The Labute approximate surface area is 159 Å². The monoisotopic (exact) mass is 370 g/mol. The van der Waals surface area contributed by atoms with Crippen molar-refractivity contribution in [3.63, 3.8) is 0 Å². The summed E-state index contributed by atoms with van der Waals surface area (Å²) in [5.74, 6) is 0.0724. The molecule has 26 heavy (non-hydrogen) atoms. The number of benzene rings is 2. The first kappa shape index (κ1) is 18.5. The number of fused-ring (bicyclic) bond motifs is 1. The number of halogens is 1. The Morgan fingerprint density at radius 2 is 1.85 bits per heavy atom. The molecule has 1 aliphatic heterocycles. The Hall–Kier alpha value is -2.33. The highest BCUT2D eigenvalue weighted by Gasteiger charge is 2.40. The first-order chi connectivity index (χ1) is 12.5. The molecule has 0 radical (unpaired) electrons. The maximum atomic E-state index is 12.9. The third kappa shape index (κ3) is 3.75. The zero-order chi connectivity index (χ0) is 18.7. The lowest BCUT2D eigenvalue weighted by Gasteiger charge is -2.26. The zero-order valence-electron chi connectivity index (χ0n) is 15.0. The van der Waals surface area contributed by atoms with E-state index in [-0.39, 0.29) is 17.7 Å². The minimum absolute atomic E-state index is 0.0689. The van der Waals surface area contributed by atoms with Gasteiger partial charge in [0.15, 0.2) is 0 Å². The zero-order valence-corrected chi connectivity index (χ0v) is 15.8. The van der Waals surface area contributed by atoms with E-state index < -0.39 is 6.04 Å². The largest absolute Gasteiger partial charge is 0.354 e. The first-order valence-electron chi connectivity index (χ1n) is 8.90. The summed E-state index contributed by atoms with van der Waals surface area (Å²) in [6, 6.07) is 14.4. The van der Waals surface area contributed by atoms with Crippen molar-refractivity contribution in [2.75, 3.05) is 13.1 Å². The van der Waals surface area contributed by atoms with E-state index in [4.69, 9.17) is 11.6 Å². The van der Waals surface area contributed by atoms with Crippen molar-refractivity contribution in [2.24, 2.45) is 5.92 Å². The topological polar surface area (TPSA) is 49.4 Å². The molecule has 2 aromatic carbocycles. The number of rotatable bonds is 6. The molecule has 1 heterocycles. The van der Waals surface area contributed by atoms with Crippen molar-refractivity contribution in [1.29, 1.82) is 0 Å². The van der Waals surface area contributed by atoms with Gasteiger partial charge in [-0.1, -0.05) is 61.8 Å². The lowest BCUT2D eigenvalue weighted by Crippen LogP contribution is -2.41. The molecule has 0 saturated heterocycles. The second kappa shape index (κ2) is 7.92. The second-order valence-corrected chi connectivity index (χ2v) is 7.38. The fourth-order valence-electron chi connectivity index (χ4n) is 3.35. The maximum absolute atomic E-state index is 12.9. The van der Waals surface area contributed by atoms with Gasteiger partial charge in [-0.2, -0.15) is 0 Å². The molecule has 1 unspecified atom stereocenters. The Morgan fingerprint density at radius 3 is 2.58 bits per heavy atom. The number of carbonyl (C=O) groups excluding carboxylic acids is 2. The van der Waals surface area contributed by atoms with Crippen molar-refractivity contribution in [2.45, 2.75) is 26.3 Å². The van der Waals surface area contributed by atoms with Crippen LogP contribution < -0.4 is 5.32 Å². The van der Waals surface area contributed by atoms with Crippen LogP contribution in [0.2, 0.25) is 5.02 Å². The standard InChI is InChI=1S/C21H23ClN2O2/c1-14(2)13-24-19(16-8-4-5-9-17(16)21(24)26)20(25)23-12-11-15-7-3-6-10-18(15)22/h3-10,14,19H,11-13H2,1-2H3,(H,23,25). The SMILES string of the molecule is CC(C)CN1C(=O)c2ccccc2C1C(=O)NCCc1ccccc1Cl. The van der Waals surface area contributed by atoms with E-state index in [0.717, 1.165) is 11.1 Å². The van der Waals surface area contributed by atoms with Gasteiger partial charge in [0.2, 0.25) is 5.91 Å². The number of nitrogens with zero attached hydrogens (tertiary/aromatic N) is 1. The summed E-state index contributed by atoms with van der Waals surface area (Å²) in [6.07, 6.45) is 0.651. The summed E-state index contributed by atoms with van der Waals surface area (Å²) >= 11 is 6.17. The van der Waals surface area contributed by atoms with Crippen LogP contribution in [-0.4, -0.2) is 29.8 Å². The maximum Gasteiger partial charge on any atom is 0.255 e. The van der Waals surface area contributed by atoms with Crippen LogP contribution >= 0.6 is 11.6 Å². The quantitative estimate of drug-likeness (QED) is 0.839. The highest BCUT2D eigenvalue weighted by molar-refractivity contribution is 6.31. The van der Waals surface area contributed by atoms with Gasteiger partial charge in [-0.25, -0.2) is 0 Å². The molecular weight excluding hydrogens is 348 g/mol. The molecule has 0 fully saturated rings. The van der Waals surface area contributed by atoms with Crippen LogP contribution in [-0.2, 0) is 11.2 Å². The van der Waals surface area contributed by atoms with E-state index in [9.17, 15) is 9.59 Å². The summed E-state index contributed by atoms with van der Waals surface area (Å²) in [5, 5.41) is 3.67. The van der Waals surface area contributed by atoms with Gasteiger partial charge >= 0.3 is 0 Å². The van der Waals surface area contributed by atoms with Crippen molar-refractivity contribution >= 4 is 23.4 Å². The van der Waals surface area contributed by atoms with E-state index in [2.05, 4.69) is 5.32 Å². The van der Waals surface area contributed by atoms with Crippen LogP contribution in [0.25, 0.3) is 0 Å². The van der Waals surface area contributed by atoms with Crippen molar-refractivity contribution in [1.82, 2.24) is 10.2 Å². The Kier molecular flexibility index (Phi) is 5.62. The fraction of sp³-hybridized carbons (Fsp3) is 0.333. The molecule has 3 rings (SSSR count). The Morgan fingerprint density at radius 1 is 1.15 bits per heavy atom. The van der Waals surface area contributed by atoms with E-state index in [1.165, 1.54) is 0 Å².